The molecule has 0 aromatic carbocycles. The second-order valence-corrected chi connectivity index (χ2v) is 2.31. The molecular formula is C6H11OP. The van der Waals surface area contributed by atoms with E-state index in [-0.39, 0.29) is 0 Å². The van der Waals surface area contributed by atoms with Crippen LogP contribution >= 0.6 is 9.47 Å². The molecular weight excluding hydrogens is 119 g/mol. The van der Waals surface area contributed by atoms with E-state index in [2.05, 4.69) is 21.6 Å². The molecule has 46 valence electrons. The van der Waals surface area contributed by atoms with Crippen molar-refractivity contribution in [2.75, 3.05) is 0 Å². The van der Waals surface area contributed by atoms with E-state index in [0.29, 0.717) is 6.10 Å². The van der Waals surface area contributed by atoms with E-state index in [4.69, 9.17) is 4.52 Å². The van der Waals surface area contributed by atoms with Crippen LogP contribution < -0.4 is 0 Å². The minimum absolute atomic E-state index is 0.463. The number of allylic oxidation sites excluding steroid dienone is 1. The highest BCUT2D eigenvalue weighted by atomic mass is 31.0. The van der Waals surface area contributed by atoms with E-state index in [1.54, 1.807) is 0 Å². The smallest absolute Gasteiger partial charge is 0.0648 e. The van der Waals surface area contributed by atoms with Crippen LogP contribution in [0.2, 0.25) is 0 Å². The summed E-state index contributed by atoms with van der Waals surface area (Å²) in [7, 11) is 2.31. The van der Waals surface area contributed by atoms with Crippen molar-refractivity contribution < 1.29 is 4.52 Å². The average molecular weight is 130 g/mol. The summed E-state index contributed by atoms with van der Waals surface area (Å²) in [5, 5.41) is 0. The highest BCUT2D eigenvalue weighted by Gasteiger charge is 2.06. The molecule has 0 aromatic heterocycles. The topological polar surface area (TPSA) is 9.23 Å². The molecule has 0 radical (unpaired) electrons. The molecule has 0 heterocycles. The van der Waals surface area contributed by atoms with Crippen molar-refractivity contribution in [1.29, 1.82) is 0 Å². The van der Waals surface area contributed by atoms with Crippen molar-refractivity contribution in [3.05, 3.63) is 12.2 Å². The van der Waals surface area contributed by atoms with Crippen LogP contribution in [0.1, 0.15) is 19.3 Å². The van der Waals surface area contributed by atoms with Gasteiger partial charge in [-0.15, -0.1) is 0 Å². The lowest BCUT2D eigenvalue weighted by Crippen LogP contribution is -2.07. The van der Waals surface area contributed by atoms with Gasteiger partial charge in [-0.3, -0.25) is 0 Å². The quantitative estimate of drug-likeness (QED) is 0.389. The van der Waals surface area contributed by atoms with Crippen LogP contribution in [0.15, 0.2) is 12.2 Å². The zero-order chi connectivity index (χ0) is 5.82. The van der Waals surface area contributed by atoms with Crippen LogP contribution in [0.4, 0.5) is 0 Å². The van der Waals surface area contributed by atoms with Crippen LogP contribution in [0.25, 0.3) is 0 Å². The Hall–Kier alpha value is 0.130. The van der Waals surface area contributed by atoms with Gasteiger partial charge in [-0.25, -0.2) is 0 Å². The fourth-order valence-electron chi connectivity index (χ4n) is 0.889. The predicted octanol–water partition coefficient (Wildman–Crippen LogP) is 1.90. The van der Waals surface area contributed by atoms with Crippen LogP contribution in [-0.4, -0.2) is 6.10 Å². The van der Waals surface area contributed by atoms with Crippen molar-refractivity contribution in [3.63, 3.8) is 0 Å². The van der Waals surface area contributed by atoms with Crippen LogP contribution in [0, 0.1) is 0 Å². The first-order valence-electron chi connectivity index (χ1n) is 2.94. The Balaban J connectivity index is 2.27. The Labute approximate surface area is 52.4 Å². The number of hydrogen-bond acceptors (Lipinski definition) is 1. The summed E-state index contributed by atoms with van der Waals surface area (Å²) < 4.78 is 5.06. The fourth-order valence-corrected chi connectivity index (χ4v) is 1.14. The van der Waals surface area contributed by atoms with Crippen molar-refractivity contribution in [3.8, 4) is 0 Å². The summed E-state index contributed by atoms with van der Waals surface area (Å²) in [6.07, 6.45) is 8.30. The van der Waals surface area contributed by atoms with E-state index in [1.807, 2.05) is 0 Å². The van der Waals surface area contributed by atoms with Gasteiger partial charge in [0.05, 0.1) is 6.10 Å². The molecule has 0 aliphatic heterocycles. The molecule has 2 heteroatoms. The van der Waals surface area contributed by atoms with Crippen molar-refractivity contribution in [2.24, 2.45) is 0 Å². The van der Waals surface area contributed by atoms with Gasteiger partial charge in [0.2, 0.25) is 0 Å². The molecule has 0 aromatic rings. The summed E-state index contributed by atoms with van der Waals surface area (Å²) in [5.74, 6) is 0. The highest BCUT2D eigenvalue weighted by molar-refractivity contribution is 7.09. The third-order valence-electron chi connectivity index (χ3n) is 1.41. The maximum atomic E-state index is 5.06. The normalized spacial score (nSPS) is 28.4. The molecule has 0 spiro atoms. The number of rotatable bonds is 1. The lowest BCUT2D eigenvalue weighted by Gasteiger charge is -2.14. The largest absolute Gasteiger partial charge is 0.362 e. The predicted molar refractivity (Wildman–Crippen MR) is 37.6 cm³/mol. The Morgan fingerprint density at radius 3 is 2.75 bits per heavy atom. The molecule has 0 saturated carbocycles. The number of hydrogen-bond donors (Lipinski definition) is 0. The first kappa shape index (κ1) is 6.25. The molecule has 1 aliphatic carbocycles. The summed E-state index contributed by atoms with van der Waals surface area (Å²) in [5.41, 5.74) is 0. The molecule has 2 unspecified atom stereocenters. The van der Waals surface area contributed by atoms with Gasteiger partial charge in [-0.2, -0.15) is 0 Å². The molecule has 0 saturated heterocycles. The Morgan fingerprint density at radius 1 is 1.50 bits per heavy atom. The van der Waals surface area contributed by atoms with Gasteiger partial charge < -0.3 is 4.52 Å². The Kier molecular flexibility index (Phi) is 2.51. The first-order chi connectivity index (χ1) is 3.93. The second-order valence-electron chi connectivity index (χ2n) is 2.04. The van der Waals surface area contributed by atoms with Crippen molar-refractivity contribution in [2.45, 2.75) is 25.4 Å². The van der Waals surface area contributed by atoms with Gasteiger partial charge in [-0.05, 0) is 19.3 Å². The molecule has 0 amide bonds. The maximum absolute atomic E-state index is 5.06. The van der Waals surface area contributed by atoms with Crippen LogP contribution in [0.3, 0.4) is 0 Å². The van der Waals surface area contributed by atoms with Gasteiger partial charge in [0.15, 0.2) is 0 Å². The summed E-state index contributed by atoms with van der Waals surface area (Å²) in [4.78, 5) is 0. The lowest BCUT2D eigenvalue weighted by molar-refractivity contribution is 0.226. The Bertz CT molecular complexity index is 90.5. The molecule has 1 nitrogen and oxygen atoms in total. The monoisotopic (exact) mass is 130 g/mol. The second kappa shape index (κ2) is 3.21. The zero-order valence-electron chi connectivity index (χ0n) is 4.84. The maximum Gasteiger partial charge on any atom is 0.0648 e. The summed E-state index contributed by atoms with van der Waals surface area (Å²) in [6, 6.07) is 0. The van der Waals surface area contributed by atoms with Crippen molar-refractivity contribution in [1.82, 2.24) is 0 Å². The third-order valence-corrected chi connectivity index (χ3v) is 1.80. The van der Waals surface area contributed by atoms with Crippen LogP contribution in [0.5, 0.6) is 0 Å². The molecule has 0 N–H and O–H groups in total. The minimum atomic E-state index is 0.463. The molecule has 2 atom stereocenters. The Morgan fingerprint density at radius 2 is 2.38 bits per heavy atom. The lowest BCUT2D eigenvalue weighted by atomic mass is 10.1. The molecule has 1 aliphatic rings. The summed E-state index contributed by atoms with van der Waals surface area (Å²) in [6.45, 7) is 0. The van der Waals surface area contributed by atoms with Gasteiger partial charge in [0.1, 0.15) is 0 Å². The SMILES string of the molecule is POC1CC=CCC1. The third kappa shape index (κ3) is 1.57. The van der Waals surface area contributed by atoms with E-state index in [0.717, 1.165) is 6.42 Å². The zero-order valence-corrected chi connectivity index (χ0v) is 5.99. The van der Waals surface area contributed by atoms with Gasteiger partial charge in [-0.1, -0.05) is 12.2 Å². The van der Waals surface area contributed by atoms with E-state index < -0.39 is 0 Å². The van der Waals surface area contributed by atoms with Crippen LogP contribution in [-0.2, 0) is 4.52 Å². The van der Waals surface area contributed by atoms with E-state index in [9.17, 15) is 0 Å². The minimum Gasteiger partial charge on any atom is -0.362 e. The first-order valence-corrected chi connectivity index (χ1v) is 3.41. The molecule has 8 heavy (non-hydrogen) atoms. The van der Waals surface area contributed by atoms with E-state index >= 15 is 0 Å². The van der Waals surface area contributed by atoms with Gasteiger partial charge in [0, 0.05) is 9.47 Å². The highest BCUT2D eigenvalue weighted by Crippen LogP contribution is 2.15. The average Bonchev–Trinajstić information content (AvgIpc) is 1.90. The molecule has 0 bridgehead atoms. The van der Waals surface area contributed by atoms with Gasteiger partial charge >= 0.3 is 0 Å². The molecule has 1 rings (SSSR count). The fraction of sp³-hybridized carbons (Fsp3) is 0.667. The standard InChI is InChI=1S/C6H11OP/c8-7-6-4-2-1-3-5-6/h1-2,6H,3-5,8H2. The van der Waals surface area contributed by atoms with Gasteiger partial charge in [0.25, 0.3) is 0 Å². The summed E-state index contributed by atoms with van der Waals surface area (Å²) >= 11 is 0. The van der Waals surface area contributed by atoms with E-state index in [1.165, 1.54) is 12.8 Å². The molecule has 0 fully saturated rings. The van der Waals surface area contributed by atoms with Crippen molar-refractivity contribution >= 4 is 9.47 Å².